The molecular weight excluding hydrogens is 342 g/mol. The summed E-state index contributed by atoms with van der Waals surface area (Å²) in [5.41, 5.74) is 1.12. The Morgan fingerprint density at radius 3 is 2.57 bits per heavy atom. The minimum Gasteiger partial charge on any atom is -0.493 e. The zero-order valence-corrected chi connectivity index (χ0v) is 13.0. The number of rotatable bonds is 5. The van der Waals surface area contributed by atoms with Crippen molar-refractivity contribution in [1.29, 1.82) is 0 Å². The van der Waals surface area contributed by atoms with Gasteiger partial charge < -0.3 is 9.84 Å². The molecule has 0 radical (unpaired) electrons. The Bertz CT molecular complexity index is 632. The van der Waals surface area contributed by atoms with Crippen molar-refractivity contribution >= 4 is 15.9 Å². The van der Waals surface area contributed by atoms with Crippen LogP contribution >= 0.6 is 15.9 Å². The molecule has 0 spiro atoms. The molecule has 2 aromatic rings. The third-order valence-electron chi connectivity index (χ3n) is 3.04. The van der Waals surface area contributed by atoms with E-state index in [0.717, 1.165) is 16.6 Å². The van der Waals surface area contributed by atoms with Gasteiger partial charge in [0.1, 0.15) is 5.75 Å². The van der Waals surface area contributed by atoms with Gasteiger partial charge in [0.15, 0.2) is 11.6 Å². The van der Waals surface area contributed by atoms with E-state index in [4.69, 9.17) is 4.74 Å². The lowest BCUT2D eigenvalue weighted by atomic mass is 10.0. The lowest BCUT2D eigenvalue weighted by Crippen LogP contribution is -2.06. The molecule has 21 heavy (non-hydrogen) atoms. The van der Waals surface area contributed by atoms with Crippen LogP contribution in [0.5, 0.6) is 5.75 Å². The summed E-state index contributed by atoms with van der Waals surface area (Å²) >= 11 is 3.35. The zero-order valence-electron chi connectivity index (χ0n) is 11.4. The molecular formula is C16H15BrF2O2. The normalized spacial score (nSPS) is 12.2. The number of hydrogen-bond acceptors (Lipinski definition) is 2. The maximum absolute atomic E-state index is 13.2. The van der Waals surface area contributed by atoms with Crippen molar-refractivity contribution in [1.82, 2.24) is 0 Å². The van der Waals surface area contributed by atoms with Crippen LogP contribution in [0, 0.1) is 11.6 Å². The van der Waals surface area contributed by atoms with Crippen molar-refractivity contribution < 1.29 is 18.6 Å². The second kappa shape index (κ2) is 7.00. The van der Waals surface area contributed by atoms with Crippen molar-refractivity contribution in [3.8, 4) is 5.75 Å². The van der Waals surface area contributed by atoms with E-state index in [9.17, 15) is 13.9 Å². The Morgan fingerprint density at radius 1 is 1.14 bits per heavy atom. The minimum absolute atomic E-state index is 0.174. The van der Waals surface area contributed by atoms with Crippen LogP contribution in [-0.4, -0.2) is 11.7 Å². The van der Waals surface area contributed by atoms with Crippen LogP contribution in [0.2, 0.25) is 0 Å². The monoisotopic (exact) mass is 356 g/mol. The van der Waals surface area contributed by atoms with E-state index in [0.29, 0.717) is 23.5 Å². The van der Waals surface area contributed by atoms with Crippen molar-refractivity contribution in [3.63, 3.8) is 0 Å². The largest absolute Gasteiger partial charge is 0.493 e. The Morgan fingerprint density at radius 2 is 1.90 bits per heavy atom. The van der Waals surface area contributed by atoms with Gasteiger partial charge in [0, 0.05) is 16.5 Å². The van der Waals surface area contributed by atoms with Gasteiger partial charge in [0.2, 0.25) is 0 Å². The van der Waals surface area contributed by atoms with E-state index in [2.05, 4.69) is 15.9 Å². The van der Waals surface area contributed by atoms with Crippen molar-refractivity contribution in [3.05, 3.63) is 63.6 Å². The SMILES string of the molecule is CCOc1ccc(Br)cc1C(O)Cc1ccc(F)c(F)c1. The van der Waals surface area contributed by atoms with Crippen LogP contribution in [0.4, 0.5) is 8.78 Å². The van der Waals surface area contributed by atoms with Crippen LogP contribution in [0.3, 0.4) is 0 Å². The number of aliphatic hydroxyl groups is 1. The van der Waals surface area contributed by atoms with Gasteiger partial charge >= 0.3 is 0 Å². The van der Waals surface area contributed by atoms with Gasteiger partial charge in [0.25, 0.3) is 0 Å². The smallest absolute Gasteiger partial charge is 0.159 e. The first-order valence-corrected chi connectivity index (χ1v) is 7.34. The summed E-state index contributed by atoms with van der Waals surface area (Å²) in [6, 6.07) is 8.95. The Hall–Kier alpha value is -1.46. The van der Waals surface area contributed by atoms with E-state index in [1.54, 1.807) is 12.1 Å². The summed E-state index contributed by atoms with van der Waals surface area (Å²) in [7, 11) is 0. The molecule has 1 unspecified atom stereocenters. The van der Waals surface area contributed by atoms with Gasteiger partial charge in [0.05, 0.1) is 12.7 Å². The van der Waals surface area contributed by atoms with E-state index >= 15 is 0 Å². The van der Waals surface area contributed by atoms with Crippen LogP contribution in [0.1, 0.15) is 24.2 Å². The number of aliphatic hydroxyl groups excluding tert-OH is 1. The third kappa shape index (κ3) is 4.02. The highest BCUT2D eigenvalue weighted by Crippen LogP contribution is 2.31. The second-order valence-corrected chi connectivity index (χ2v) is 5.50. The summed E-state index contributed by atoms with van der Waals surface area (Å²) in [5, 5.41) is 10.3. The molecule has 0 aliphatic heterocycles. The molecule has 0 saturated carbocycles. The standard InChI is InChI=1S/C16H15BrF2O2/c1-2-21-16-6-4-11(17)9-12(16)15(20)8-10-3-5-13(18)14(19)7-10/h3-7,9,15,20H,2,8H2,1H3. The molecule has 1 atom stereocenters. The molecule has 112 valence electrons. The van der Waals surface area contributed by atoms with E-state index in [-0.39, 0.29) is 6.42 Å². The molecule has 0 aromatic heterocycles. The number of halogens is 3. The molecule has 0 aliphatic carbocycles. The molecule has 0 saturated heterocycles. The van der Waals surface area contributed by atoms with Crippen LogP contribution in [-0.2, 0) is 6.42 Å². The zero-order chi connectivity index (χ0) is 15.4. The maximum Gasteiger partial charge on any atom is 0.159 e. The molecule has 2 rings (SSSR count). The first-order chi connectivity index (χ1) is 10.0. The molecule has 0 bridgehead atoms. The number of ether oxygens (including phenoxy) is 1. The Labute approximate surface area is 130 Å². The number of benzene rings is 2. The summed E-state index contributed by atoms with van der Waals surface area (Å²) < 4.78 is 32.4. The summed E-state index contributed by atoms with van der Waals surface area (Å²) in [4.78, 5) is 0. The minimum atomic E-state index is -0.918. The molecule has 0 heterocycles. The topological polar surface area (TPSA) is 29.5 Å². The lowest BCUT2D eigenvalue weighted by molar-refractivity contribution is 0.172. The summed E-state index contributed by atoms with van der Waals surface area (Å²) in [6.07, 6.45) is -0.692. The predicted octanol–water partition coefficient (Wildman–Crippen LogP) is 4.40. The van der Waals surface area contributed by atoms with Crippen LogP contribution in [0.15, 0.2) is 40.9 Å². The van der Waals surface area contributed by atoms with Gasteiger partial charge in [-0.05, 0) is 42.8 Å². The molecule has 5 heteroatoms. The molecule has 2 aromatic carbocycles. The molecule has 1 N–H and O–H groups in total. The highest BCUT2D eigenvalue weighted by Gasteiger charge is 2.16. The fourth-order valence-corrected chi connectivity index (χ4v) is 2.45. The Balaban J connectivity index is 2.24. The molecule has 0 aliphatic rings. The first-order valence-electron chi connectivity index (χ1n) is 6.55. The second-order valence-electron chi connectivity index (χ2n) is 4.58. The van der Waals surface area contributed by atoms with Crippen LogP contribution < -0.4 is 4.74 Å². The predicted molar refractivity (Wildman–Crippen MR) is 80.3 cm³/mol. The average Bonchev–Trinajstić information content (AvgIpc) is 2.45. The molecule has 2 nitrogen and oxygen atoms in total. The molecule has 0 amide bonds. The van der Waals surface area contributed by atoms with Crippen molar-refractivity contribution in [2.75, 3.05) is 6.61 Å². The fraction of sp³-hybridized carbons (Fsp3) is 0.250. The summed E-state index contributed by atoms with van der Waals surface area (Å²) in [6.45, 7) is 2.33. The van der Waals surface area contributed by atoms with Gasteiger partial charge in [-0.1, -0.05) is 22.0 Å². The van der Waals surface area contributed by atoms with Crippen LogP contribution in [0.25, 0.3) is 0 Å². The van der Waals surface area contributed by atoms with Gasteiger partial charge in [-0.2, -0.15) is 0 Å². The summed E-state index contributed by atoms with van der Waals surface area (Å²) in [5.74, 6) is -1.24. The first kappa shape index (κ1) is 15.9. The van der Waals surface area contributed by atoms with Gasteiger partial charge in [-0.25, -0.2) is 8.78 Å². The van der Waals surface area contributed by atoms with E-state index in [1.807, 2.05) is 13.0 Å². The Kier molecular flexibility index (Phi) is 5.31. The van der Waals surface area contributed by atoms with E-state index in [1.165, 1.54) is 6.07 Å². The average molecular weight is 357 g/mol. The fourth-order valence-electron chi connectivity index (χ4n) is 2.07. The highest BCUT2D eigenvalue weighted by molar-refractivity contribution is 9.10. The third-order valence-corrected chi connectivity index (χ3v) is 3.54. The van der Waals surface area contributed by atoms with Crippen molar-refractivity contribution in [2.24, 2.45) is 0 Å². The van der Waals surface area contributed by atoms with E-state index < -0.39 is 17.7 Å². The molecule has 0 fully saturated rings. The lowest BCUT2D eigenvalue weighted by Gasteiger charge is -2.16. The quantitative estimate of drug-likeness (QED) is 0.860. The highest BCUT2D eigenvalue weighted by atomic mass is 79.9. The van der Waals surface area contributed by atoms with Gasteiger partial charge in [-0.15, -0.1) is 0 Å². The number of hydrogen-bond donors (Lipinski definition) is 1. The van der Waals surface area contributed by atoms with Crippen molar-refractivity contribution in [2.45, 2.75) is 19.4 Å². The van der Waals surface area contributed by atoms with Gasteiger partial charge in [-0.3, -0.25) is 0 Å². The maximum atomic E-state index is 13.2.